The van der Waals surface area contributed by atoms with Crippen LogP contribution in [0, 0.1) is 0 Å². The molecule has 0 radical (unpaired) electrons. The first kappa shape index (κ1) is 13.6. The van der Waals surface area contributed by atoms with Crippen molar-refractivity contribution >= 4 is 23.5 Å². The van der Waals surface area contributed by atoms with E-state index in [1.54, 1.807) is 48.5 Å². The summed E-state index contributed by atoms with van der Waals surface area (Å²) in [5.41, 5.74) is 1.29. The lowest BCUT2D eigenvalue weighted by molar-refractivity contribution is 0.0721. The summed E-state index contributed by atoms with van der Waals surface area (Å²) in [6.07, 6.45) is -1.47. The SMILES string of the molecule is O=C1N[C@H](c2ccc(Cl)cc2)[C@@H](C(=O)c2ccccc2)O1. The number of rotatable bonds is 3. The van der Waals surface area contributed by atoms with Crippen LogP contribution in [-0.4, -0.2) is 18.0 Å². The summed E-state index contributed by atoms with van der Waals surface area (Å²) in [6.45, 7) is 0. The van der Waals surface area contributed by atoms with Crippen LogP contribution < -0.4 is 5.32 Å². The van der Waals surface area contributed by atoms with E-state index in [-0.39, 0.29) is 5.78 Å². The molecule has 2 aromatic rings. The lowest BCUT2D eigenvalue weighted by atomic mass is 9.96. The van der Waals surface area contributed by atoms with E-state index >= 15 is 0 Å². The third kappa shape index (κ3) is 2.76. The lowest BCUT2D eigenvalue weighted by Gasteiger charge is -2.16. The molecule has 1 N–H and O–H groups in total. The van der Waals surface area contributed by atoms with Crippen molar-refractivity contribution in [1.82, 2.24) is 5.32 Å². The van der Waals surface area contributed by atoms with Crippen LogP contribution in [0.15, 0.2) is 54.6 Å². The van der Waals surface area contributed by atoms with E-state index in [2.05, 4.69) is 5.32 Å². The van der Waals surface area contributed by atoms with Gasteiger partial charge in [0.05, 0.1) is 0 Å². The van der Waals surface area contributed by atoms with Crippen LogP contribution in [0.4, 0.5) is 4.79 Å². The van der Waals surface area contributed by atoms with Crippen molar-refractivity contribution < 1.29 is 14.3 Å². The molecule has 0 spiro atoms. The molecule has 0 bridgehead atoms. The van der Waals surface area contributed by atoms with E-state index in [9.17, 15) is 9.59 Å². The van der Waals surface area contributed by atoms with Crippen molar-refractivity contribution in [3.05, 3.63) is 70.7 Å². The van der Waals surface area contributed by atoms with E-state index in [1.165, 1.54) is 0 Å². The summed E-state index contributed by atoms with van der Waals surface area (Å²) < 4.78 is 5.14. The van der Waals surface area contributed by atoms with Gasteiger partial charge in [0.25, 0.3) is 0 Å². The summed E-state index contributed by atoms with van der Waals surface area (Å²) in [5, 5.41) is 3.26. The number of hydrogen-bond donors (Lipinski definition) is 1. The van der Waals surface area contributed by atoms with Gasteiger partial charge in [-0.3, -0.25) is 4.79 Å². The van der Waals surface area contributed by atoms with Crippen LogP contribution in [0.5, 0.6) is 0 Å². The first-order valence-corrected chi connectivity index (χ1v) is 6.85. The number of carbonyl (C=O) groups is 2. The Hall–Kier alpha value is -2.33. The van der Waals surface area contributed by atoms with Crippen LogP contribution in [0.25, 0.3) is 0 Å². The zero-order valence-electron chi connectivity index (χ0n) is 11.0. The molecule has 106 valence electrons. The van der Waals surface area contributed by atoms with Crippen molar-refractivity contribution in [3.8, 4) is 0 Å². The van der Waals surface area contributed by atoms with Crippen LogP contribution >= 0.6 is 11.6 Å². The van der Waals surface area contributed by atoms with Gasteiger partial charge in [0.15, 0.2) is 6.10 Å². The van der Waals surface area contributed by atoms with E-state index in [1.807, 2.05) is 6.07 Å². The lowest BCUT2D eigenvalue weighted by Crippen LogP contribution is -2.29. The number of benzene rings is 2. The van der Waals surface area contributed by atoms with Crippen molar-refractivity contribution in [2.45, 2.75) is 12.1 Å². The van der Waals surface area contributed by atoms with Gasteiger partial charge in [-0.05, 0) is 17.7 Å². The van der Waals surface area contributed by atoms with Crippen LogP contribution in [0.1, 0.15) is 22.0 Å². The maximum atomic E-state index is 12.5. The summed E-state index contributed by atoms with van der Waals surface area (Å²) in [7, 11) is 0. The largest absolute Gasteiger partial charge is 0.435 e. The topological polar surface area (TPSA) is 55.4 Å². The molecular formula is C16H12ClNO3. The van der Waals surface area contributed by atoms with Gasteiger partial charge in [0.2, 0.25) is 5.78 Å². The van der Waals surface area contributed by atoms with Gasteiger partial charge in [0, 0.05) is 10.6 Å². The molecule has 2 aromatic carbocycles. The molecule has 21 heavy (non-hydrogen) atoms. The number of carbonyl (C=O) groups excluding carboxylic acids is 2. The molecule has 0 aromatic heterocycles. The average molecular weight is 302 g/mol. The van der Waals surface area contributed by atoms with E-state index in [4.69, 9.17) is 16.3 Å². The smallest absolute Gasteiger partial charge is 0.408 e. The van der Waals surface area contributed by atoms with Gasteiger partial charge in [-0.1, -0.05) is 54.1 Å². The van der Waals surface area contributed by atoms with Crippen LogP contribution in [0.3, 0.4) is 0 Å². The van der Waals surface area contributed by atoms with Gasteiger partial charge in [-0.15, -0.1) is 0 Å². The Morgan fingerprint density at radius 2 is 1.71 bits per heavy atom. The first-order chi connectivity index (χ1) is 10.1. The first-order valence-electron chi connectivity index (χ1n) is 6.47. The molecule has 4 nitrogen and oxygen atoms in total. The third-order valence-electron chi connectivity index (χ3n) is 3.36. The Labute approximate surface area is 126 Å². The molecule has 1 fully saturated rings. The number of ether oxygens (including phenoxy) is 1. The highest BCUT2D eigenvalue weighted by Gasteiger charge is 2.40. The van der Waals surface area contributed by atoms with Gasteiger partial charge in [-0.2, -0.15) is 0 Å². The van der Waals surface area contributed by atoms with E-state index < -0.39 is 18.2 Å². The number of ketones is 1. The maximum Gasteiger partial charge on any atom is 0.408 e. The van der Waals surface area contributed by atoms with Crippen molar-refractivity contribution in [3.63, 3.8) is 0 Å². The minimum Gasteiger partial charge on any atom is -0.435 e. The number of amides is 1. The molecule has 1 aliphatic rings. The molecule has 1 aliphatic heterocycles. The second-order valence-corrected chi connectivity index (χ2v) is 5.17. The zero-order valence-corrected chi connectivity index (χ0v) is 11.7. The Morgan fingerprint density at radius 3 is 2.38 bits per heavy atom. The molecule has 1 saturated heterocycles. The maximum absolute atomic E-state index is 12.5. The fourth-order valence-electron chi connectivity index (χ4n) is 2.32. The number of cyclic esters (lactones) is 1. The molecule has 0 saturated carbocycles. The van der Waals surface area contributed by atoms with Gasteiger partial charge < -0.3 is 10.1 Å². The summed E-state index contributed by atoms with van der Waals surface area (Å²) in [4.78, 5) is 24.0. The Balaban J connectivity index is 1.91. The van der Waals surface area contributed by atoms with Crippen molar-refractivity contribution in [1.29, 1.82) is 0 Å². The molecule has 0 unspecified atom stereocenters. The molecule has 3 rings (SSSR count). The van der Waals surface area contributed by atoms with Gasteiger partial charge in [0.1, 0.15) is 6.04 Å². The minimum atomic E-state index is -0.874. The second kappa shape index (κ2) is 5.58. The normalized spacial score (nSPS) is 20.7. The minimum absolute atomic E-state index is 0.228. The Kier molecular flexibility index (Phi) is 3.62. The molecule has 1 heterocycles. The molecule has 0 aliphatic carbocycles. The predicted molar refractivity (Wildman–Crippen MR) is 78.4 cm³/mol. The highest BCUT2D eigenvalue weighted by Crippen LogP contribution is 2.28. The van der Waals surface area contributed by atoms with Gasteiger partial charge >= 0.3 is 6.09 Å². The standard InChI is InChI=1S/C16H12ClNO3/c17-12-8-6-10(7-9-12)13-15(21-16(20)18-13)14(19)11-4-2-1-3-5-11/h1-9,13,15H,(H,18,20)/t13-,15+/m1/s1. The fraction of sp³-hybridized carbons (Fsp3) is 0.125. The average Bonchev–Trinajstić information content (AvgIpc) is 2.90. The third-order valence-corrected chi connectivity index (χ3v) is 3.61. The summed E-state index contributed by atoms with van der Waals surface area (Å²) >= 11 is 5.86. The fourth-order valence-corrected chi connectivity index (χ4v) is 2.45. The number of nitrogens with one attached hydrogen (secondary N) is 1. The van der Waals surface area contributed by atoms with E-state index in [0.717, 1.165) is 5.56 Å². The molecule has 1 amide bonds. The number of hydrogen-bond acceptors (Lipinski definition) is 3. The highest BCUT2D eigenvalue weighted by molar-refractivity contribution is 6.30. The molecule has 2 atom stereocenters. The number of Topliss-reactive ketones (excluding diaryl/α,β-unsaturated/α-hetero) is 1. The van der Waals surface area contributed by atoms with Crippen molar-refractivity contribution in [2.75, 3.05) is 0 Å². The zero-order chi connectivity index (χ0) is 14.8. The monoisotopic (exact) mass is 301 g/mol. The highest BCUT2D eigenvalue weighted by atomic mass is 35.5. The van der Waals surface area contributed by atoms with E-state index in [0.29, 0.717) is 10.6 Å². The Bertz CT molecular complexity index is 670. The number of alkyl carbamates (subject to hydrolysis) is 1. The Morgan fingerprint density at radius 1 is 1.05 bits per heavy atom. The van der Waals surface area contributed by atoms with Crippen molar-refractivity contribution in [2.24, 2.45) is 0 Å². The summed E-state index contributed by atoms with van der Waals surface area (Å²) in [6, 6.07) is 15.2. The quantitative estimate of drug-likeness (QED) is 0.884. The summed E-state index contributed by atoms with van der Waals surface area (Å²) in [5.74, 6) is -0.228. The molecule has 5 heteroatoms. The van der Waals surface area contributed by atoms with Crippen LogP contribution in [0.2, 0.25) is 5.02 Å². The second-order valence-electron chi connectivity index (χ2n) is 4.73. The van der Waals surface area contributed by atoms with Gasteiger partial charge in [-0.25, -0.2) is 4.79 Å². The number of halogens is 1. The predicted octanol–water partition coefficient (Wildman–Crippen LogP) is 3.37. The molecular weight excluding hydrogens is 290 g/mol. The van der Waals surface area contributed by atoms with Crippen LogP contribution in [-0.2, 0) is 4.74 Å².